The van der Waals surface area contributed by atoms with Crippen LogP contribution in [0.5, 0.6) is 0 Å². The second kappa shape index (κ2) is 5.19. The van der Waals surface area contributed by atoms with Gasteiger partial charge in [0.05, 0.1) is 11.8 Å². The van der Waals surface area contributed by atoms with Gasteiger partial charge in [0.2, 0.25) is 0 Å². The van der Waals surface area contributed by atoms with E-state index in [4.69, 9.17) is 4.74 Å². The molecule has 1 aromatic rings. The summed E-state index contributed by atoms with van der Waals surface area (Å²) in [6.45, 7) is 5.75. The van der Waals surface area contributed by atoms with Crippen LogP contribution in [0.3, 0.4) is 0 Å². The Balaban J connectivity index is 2.09. The molecule has 0 spiro atoms. The van der Waals surface area contributed by atoms with E-state index < -0.39 is 11.7 Å². The summed E-state index contributed by atoms with van der Waals surface area (Å²) in [5, 5.41) is 14.7. The molecule has 0 aliphatic carbocycles. The molecule has 0 radical (unpaired) electrons. The number of aliphatic hydroxyl groups is 1. The van der Waals surface area contributed by atoms with Crippen LogP contribution in [-0.2, 0) is 11.3 Å². The van der Waals surface area contributed by atoms with E-state index in [0.717, 1.165) is 44.4 Å². The highest BCUT2D eigenvalue weighted by atomic mass is 16.5. The van der Waals surface area contributed by atoms with Gasteiger partial charge in [0.15, 0.2) is 0 Å². The van der Waals surface area contributed by atoms with Gasteiger partial charge in [-0.3, -0.25) is 4.68 Å². The highest BCUT2D eigenvalue weighted by molar-refractivity contribution is 5.13. The van der Waals surface area contributed by atoms with Crippen molar-refractivity contribution in [3.63, 3.8) is 0 Å². The van der Waals surface area contributed by atoms with Crippen molar-refractivity contribution < 1.29 is 9.84 Å². The summed E-state index contributed by atoms with van der Waals surface area (Å²) in [4.78, 5) is 0. The molecule has 0 amide bonds. The Bertz CT molecular complexity index is 356. The molecule has 1 aliphatic rings. The van der Waals surface area contributed by atoms with Gasteiger partial charge in [-0.25, -0.2) is 0 Å². The largest absolute Gasteiger partial charge is 0.385 e. The summed E-state index contributed by atoms with van der Waals surface area (Å²) >= 11 is 0. The first-order chi connectivity index (χ1) is 8.15. The highest BCUT2D eigenvalue weighted by Gasteiger charge is 2.37. The number of aromatic nitrogens is 2. The molecule has 4 heteroatoms. The lowest BCUT2D eigenvalue weighted by Crippen LogP contribution is -2.39. The molecule has 1 N–H and O–H groups in total. The van der Waals surface area contributed by atoms with E-state index in [1.54, 1.807) is 6.20 Å². The maximum absolute atomic E-state index is 10.4. The van der Waals surface area contributed by atoms with Crippen molar-refractivity contribution in [2.75, 3.05) is 6.61 Å². The van der Waals surface area contributed by atoms with Crippen molar-refractivity contribution in [3.05, 3.63) is 18.0 Å². The van der Waals surface area contributed by atoms with Gasteiger partial charge in [-0.05, 0) is 32.6 Å². The summed E-state index contributed by atoms with van der Waals surface area (Å²) < 4.78 is 7.64. The molecule has 2 heterocycles. The maximum Gasteiger partial charge on any atom is 0.111 e. The number of aryl methyl sites for hydroxylation is 1. The van der Waals surface area contributed by atoms with Crippen molar-refractivity contribution in [1.82, 2.24) is 9.78 Å². The first-order valence-corrected chi connectivity index (χ1v) is 6.50. The maximum atomic E-state index is 10.4. The monoisotopic (exact) mass is 238 g/mol. The predicted octanol–water partition coefficient (Wildman–Crippen LogP) is 2.29. The minimum Gasteiger partial charge on any atom is -0.385 e. The Morgan fingerprint density at radius 1 is 1.59 bits per heavy atom. The molecule has 0 bridgehead atoms. The van der Waals surface area contributed by atoms with Gasteiger partial charge < -0.3 is 9.84 Å². The quantitative estimate of drug-likeness (QED) is 0.875. The fraction of sp³-hybridized carbons (Fsp3) is 0.769. The van der Waals surface area contributed by atoms with Gasteiger partial charge in [0.1, 0.15) is 6.10 Å². The van der Waals surface area contributed by atoms with E-state index in [1.807, 2.05) is 17.8 Å². The molecule has 1 aromatic heterocycles. The van der Waals surface area contributed by atoms with E-state index >= 15 is 0 Å². The zero-order valence-corrected chi connectivity index (χ0v) is 10.7. The standard InChI is InChI=1S/C13H22N2O2/c1-3-7-15-10-11(9-14-15)12(16)13(2)6-4-5-8-17-13/h9-10,12,16H,3-8H2,1-2H3. The second-order valence-corrected chi connectivity index (χ2v) is 5.06. The van der Waals surface area contributed by atoms with Crippen LogP contribution in [0.25, 0.3) is 0 Å². The third kappa shape index (κ3) is 2.69. The van der Waals surface area contributed by atoms with Crippen LogP contribution in [0.15, 0.2) is 12.4 Å². The molecule has 1 fully saturated rings. The van der Waals surface area contributed by atoms with Crippen LogP contribution >= 0.6 is 0 Å². The third-order valence-corrected chi connectivity index (χ3v) is 3.50. The van der Waals surface area contributed by atoms with Gasteiger partial charge in [0.25, 0.3) is 0 Å². The molecule has 17 heavy (non-hydrogen) atoms. The topological polar surface area (TPSA) is 47.3 Å². The molecular formula is C13H22N2O2. The van der Waals surface area contributed by atoms with Crippen molar-refractivity contribution in [2.45, 2.75) is 57.8 Å². The summed E-state index contributed by atoms with van der Waals surface area (Å²) in [5.41, 5.74) is 0.418. The lowest BCUT2D eigenvalue weighted by Gasteiger charge is -2.37. The van der Waals surface area contributed by atoms with Crippen molar-refractivity contribution in [2.24, 2.45) is 0 Å². The Hall–Kier alpha value is -0.870. The number of ether oxygens (including phenoxy) is 1. The Morgan fingerprint density at radius 2 is 2.41 bits per heavy atom. The van der Waals surface area contributed by atoms with Crippen LogP contribution in [0.4, 0.5) is 0 Å². The molecular weight excluding hydrogens is 216 g/mol. The number of hydrogen-bond donors (Lipinski definition) is 1. The fourth-order valence-electron chi connectivity index (χ4n) is 2.40. The Kier molecular flexibility index (Phi) is 3.84. The first-order valence-electron chi connectivity index (χ1n) is 6.50. The molecule has 2 unspecified atom stereocenters. The number of rotatable bonds is 4. The lowest BCUT2D eigenvalue weighted by atomic mass is 9.87. The molecule has 0 saturated carbocycles. The van der Waals surface area contributed by atoms with Crippen LogP contribution in [0.2, 0.25) is 0 Å². The fourth-order valence-corrected chi connectivity index (χ4v) is 2.40. The van der Waals surface area contributed by atoms with Crippen LogP contribution < -0.4 is 0 Å². The number of nitrogens with zero attached hydrogens (tertiary/aromatic N) is 2. The van der Waals surface area contributed by atoms with Crippen LogP contribution in [-0.4, -0.2) is 27.1 Å². The highest BCUT2D eigenvalue weighted by Crippen LogP contribution is 2.36. The van der Waals surface area contributed by atoms with Gasteiger partial charge in [-0.1, -0.05) is 6.92 Å². The summed E-state index contributed by atoms with van der Waals surface area (Å²) in [6.07, 6.45) is 7.28. The lowest BCUT2D eigenvalue weighted by molar-refractivity contribution is -0.138. The normalized spacial score (nSPS) is 27.0. The zero-order chi connectivity index (χ0) is 12.3. The molecule has 0 aromatic carbocycles. The van der Waals surface area contributed by atoms with Crippen molar-refractivity contribution >= 4 is 0 Å². The molecule has 1 aliphatic heterocycles. The van der Waals surface area contributed by atoms with Crippen LogP contribution in [0, 0.1) is 0 Å². The minimum atomic E-state index is -0.576. The van der Waals surface area contributed by atoms with Crippen molar-refractivity contribution in [3.8, 4) is 0 Å². The summed E-state index contributed by atoms with van der Waals surface area (Å²) in [6, 6.07) is 0. The van der Waals surface area contributed by atoms with E-state index in [-0.39, 0.29) is 0 Å². The third-order valence-electron chi connectivity index (χ3n) is 3.50. The smallest absolute Gasteiger partial charge is 0.111 e. The van der Waals surface area contributed by atoms with E-state index in [1.165, 1.54) is 0 Å². The molecule has 4 nitrogen and oxygen atoms in total. The Labute approximate surface area is 103 Å². The zero-order valence-electron chi connectivity index (χ0n) is 10.7. The number of aliphatic hydroxyl groups excluding tert-OH is 1. The minimum absolute atomic E-state index is 0.446. The van der Waals surface area contributed by atoms with E-state index in [0.29, 0.717) is 0 Å². The van der Waals surface area contributed by atoms with E-state index in [9.17, 15) is 5.11 Å². The summed E-state index contributed by atoms with van der Waals surface area (Å²) in [7, 11) is 0. The van der Waals surface area contributed by atoms with Crippen LogP contribution in [0.1, 0.15) is 51.2 Å². The average molecular weight is 238 g/mol. The van der Waals surface area contributed by atoms with Gasteiger partial charge >= 0.3 is 0 Å². The number of hydrogen-bond acceptors (Lipinski definition) is 3. The first kappa shape index (κ1) is 12.6. The second-order valence-electron chi connectivity index (χ2n) is 5.06. The molecule has 1 saturated heterocycles. The average Bonchev–Trinajstić information content (AvgIpc) is 2.78. The van der Waals surface area contributed by atoms with Gasteiger partial charge in [0, 0.05) is 24.9 Å². The van der Waals surface area contributed by atoms with Gasteiger partial charge in [-0.2, -0.15) is 5.10 Å². The van der Waals surface area contributed by atoms with E-state index in [2.05, 4.69) is 12.0 Å². The Morgan fingerprint density at radius 3 is 3.06 bits per heavy atom. The van der Waals surface area contributed by atoms with Gasteiger partial charge in [-0.15, -0.1) is 0 Å². The predicted molar refractivity (Wildman–Crippen MR) is 65.7 cm³/mol. The summed E-state index contributed by atoms with van der Waals surface area (Å²) in [5.74, 6) is 0. The SMILES string of the molecule is CCCn1cc(C(O)C2(C)CCCCO2)cn1. The van der Waals surface area contributed by atoms with Crippen molar-refractivity contribution in [1.29, 1.82) is 0 Å². The molecule has 2 atom stereocenters. The molecule has 96 valence electrons. The molecule has 2 rings (SSSR count).